The van der Waals surface area contributed by atoms with Gasteiger partial charge in [0, 0.05) is 49.1 Å². The van der Waals surface area contributed by atoms with E-state index in [0.717, 1.165) is 41.7 Å². The van der Waals surface area contributed by atoms with Crippen LogP contribution in [0.3, 0.4) is 0 Å². The Bertz CT molecular complexity index is 987. The Morgan fingerprint density at radius 2 is 1.84 bits per heavy atom. The van der Waals surface area contributed by atoms with E-state index in [2.05, 4.69) is 10.6 Å². The van der Waals surface area contributed by atoms with Crippen molar-refractivity contribution in [1.29, 1.82) is 0 Å². The summed E-state index contributed by atoms with van der Waals surface area (Å²) in [4.78, 5) is 23.4. The van der Waals surface area contributed by atoms with E-state index in [0.29, 0.717) is 30.8 Å². The SMILES string of the molecule is CC(=O)NCCCCCC(=O)Nc1cccc([C@H]2O[C@@H](CSCCO)C[C@@H](c3ccc(CO)cc3)O2)c1. The van der Waals surface area contributed by atoms with Crippen LogP contribution in [0.5, 0.6) is 0 Å². The van der Waals surface area contributed by atoms with E-state index < -0.39 is 6.29 Å². The number of hydrogen-bond donors (Lipinski definition) is 4. The number of anilines is 1. The zero-order valence-electron chi connectivity index (χ0n) is 21.4. The number of aliphatic hydroxyl groups excluding tert-OH is 2. The molecule has 1 aliphatic rings. The van der Waals surface area contributed by atoms with Crippen LogP contribution in [0.2, 0.25) is 0 Å². The van der Waals surface area contributed by atoms with Gasteiger partial charge in [-0.1, -0.05) is 42.8 Å². The van der Waals surface area contributed by atoms with Crippen molar-refractivity contribution in [3.05, 3.63) is 65.2 Å². The minimum Gasteiger partial charge on any atom is -0.396 e. The minimum atomic E-state index is -0.596. The summed E-state index contributed by atoms with van der Waals surface area (Å²) in [6.45, 7) is 2.25. The van der Waals surface area contributed by atoms with Crippen LogP contribution in [0.1, 0.15) is 68.1 Å². The molecule has 0 unspecified atom stereocenters. The van der Waals surface area contributed by atoms with Crippen molar-refractivity contribution in [2.24, 2.45) is 0 Å². The number of unbranched alkanes of at least 4 members (excludes halogenated alkanes) is 2. The summed E-state index contributed by atoms with van der Waals surface area (Å²) in [6.07, 6.45) is 2.73. The second-order valence-electron chi connectivity index (χ2n) is 9.12. The van der Waals surface area contributed by atoms with Gasteiger partial charge in [0.05, 0.1) is 25.4 Å². The molecule has 3 atom stereocenters. The molecule has 0 spiro atoms. The number of nitrogens with one attached hydrogen (secondary N) is 2. The summed E-state index contributed by atoms with van der Waals surface area (Å²) in [6, 6.07) is 15.3. The van der Waals surface area contributed by atoms with Gasteiger partial charge in [0.25, 0.3) is 0 Å². The molecular weight excluding hydrogens is 492 g/mol. The van der Waals surface area contributed by atoms with E-state index in [1.54, 1.807) is 11.8 Å². The number of rotatable bonds is 14. The first-order valence-corrected chi connectivity index (χ1v) is 14.0. The van der Waals surface area contributed by atoms with Gasteiger partial charge in [0.15, 0.2) is 6.29 Å². The molecule has 0 aliphatic carbocycles. The molecule has 1 saturated heterocycles. The molecule has 0 radical (unpaired) electrons. The summed E-state index contributed by atoms with van der Waals surface area (Å²) >= 11 is 1.64. The van der Waals surface area contributed by atoms with E-state index in [9.17, 15) is 14.7 Å². The molecule has 0 saturated carbocycles. The Morgan fingerprint density at radius 3 is 2.57 bits per heavy atom. The number of benzene rings is 2. The maximum atomic E-state index is 12.4. The molecule has 2 aromatic rings. The average molecular weight is 531 g/mol. The first kappa shape index (κ1) is 29.1. The lowest BCUT2D eigenvalue weighted by atomic mass is 10.0. The fourth-order valence-corrected chi connectivity index (χ4v) is 4.91. The van der Waals surface area contributed by atoms with Crippen molar-refractivity contribution in [2.75, 3.05) is 30.0 Å². The second-order valence-corrected chi connectivity index (χ2v) is 10.3. The van der Waals surface area contributed by atoms with Crippen LogP contribution in [0.25, 0.3) is 0 Å². The number of hydrogen-bond acceptors (Lipinski definition) is 7. The molecule has 2 aromatic carbocycles. The standard InChI is InChI=1S/C28H38N2O6S/c1-20(33)29-13-4-2-3-8-27(34)30-24-7-5-6-23(16-24)28-35-25(19-37-15-14-31)17-26(36-28)22-11-9-21(18-32)10-12-22/h5-7,9-12,16,25-26,28,31-32H,2-4,8,13-15,17-19H2,1H3,(H,29,33)(H,30,34)/t25-,26+,28+/m1/s1. The van der Waals surface area contributed by atoms with E-state index in [1.165, 1.54) is 6.92 Å². The molecule has 1 fully saturated rings. The predicted molar refractivity (Wildman–Crippen MR) is 145 cm³/mol. The van der Waals surface area contributed by atoms with Crippen molar-refractivity contribution in [3.63, 3.8) is 0 Å². The third kappa shape index (κ3) is 10.1. The predicted octanol–water partition coefficient (Wildman–Crippen LogP) is 4.08. The highest BCUT2D eigenvalue weighted by Gasteiger charge is 2.32. The molecule has 0 aromatic heterocycles. The Labute approximate surface area is 223 Å². The van der Waals surface area contributed by atoms with Crippen LogP contribution in [0.4, 0.5) is 5.69 Å². The molecule has 3 rings (SSSR count). The normalized spacial score (nSPS) is 19.4. The average Bonchev–Trinajstić information content (AvgIpc) is 2.90. The number of carbonyl (C=O) groups excluding carboxylic acids is 2. The molecule has 1 heterocycles. The van der Waals surface area contributed by atoms with Gasteiger partial charge in [-0.15, -0.1) is 0 Å². The first-order valence-electron chi connectivity index (χ1n) is 12.8. The maximum absolute atomic E-state index is 12.4. The van der Waals surface area contributed by atoms with E-state index in [-0.39, 0.29) is 37.2 Å². The highest BCUT2D eigenvalue weighted by molar-refractivity contribution is 7.99. The van der Waals surface area contributed by atoms with Gasteiger partial charge in [-0.25, -0.2) is 0 Å². The highest BCUT2D eigenvalue weighted by Crippen LogP contribution is 2.39. The molecule has 9 heteroatoms. The highest BCUT2D eigenvalue weighted by atomic mass is 32.2. The number of thioether (sulfide) groups is 1. The lowest BCUT2D eigenvalue weighted by Gasteiger charge is -2.36. The monoisotopic (exact) mass is 530 g/mol. The third-order valence-electron chi connectivity index (χ3n) is 6.05. The quantitative estimate of drug-likeness (QED) is 0.272. The van der Waals surface area contributed by atoms with Gasteiger partial charge in [-0.05, 0) is 36.1 Å². The van der Waals surface area contributed by atoms with Crippen molar-refractivity contribution in [1.82, 2.24) is 5.32 Å². The summed E-state index contributed by atoms with van der Waals surface area (Å²) in [5.74, 6) is 1.30. The molecule has 2 amide bonds. The number of carbonyl (C=O) groups is 2. The largest absolute Gasteiger partial charge is 0.396 e. The molecule has 202 valence electrons. The van der Waals surface area contributed by atoms with Crippen molar-refractivity contribution < 1.29 is 29.3 Å². The topological polar surface area (TPSA) is 117 Å². The van der Waals surface area contributed by atoms with E-state index in [4.69, 9.17) is 14.6 Å². The van der Waals surface area contributed by atoms with E-state index >= 15 is 0 Å². The lowest BCUT2D eigenvalue weighted by Crippen LogP contribution is -2.31. The van der Waals surface area contributed by atoms with Gasteiger partial charge in [0.1, 0.15) is 0 Å². The van der Waals surface area contributed by atoms with Crippen LogP contribution >= 0.6 is 11.8 Å². The van der Waals surface area contributed by atoms with Crippen LogP contribution < -0.4 is 10.6 Å². The summed E-state index contributed by atoms with van der Waals surface area (Å²) in [5.41, 5.74) is 3.37. The second kappa shape index (κ2) is 15.7. The fraction of sp³-hybridized carbons (Fsp3) is 0.500. The number of ether oxygens (including phenoxy) is 2. The van der Waals surface area contributed by atoms with Gasteiger partial charge >= 0.3 is 0 Å². The Hall–Kier alpha value is -2.43. The maximum Gasteiger partial charge on any atom is 0.224 e. The van der Waals surface area contributed by atoms with Crippen LogP contribution in [0, 0.1) is 0 Å². The van der Waals surface area contributed by atoms with Gasteiger partial charge in [0.2, 0.25) is 11.8 Å². The van der Waals surface area contributed by atoms with Crippen molar-refractivity contribution >= 4 is 29.3 Å². The van der Waals surface area contributed by atoms with Gasteiger partial charge < -0.3 is 30.3 Å². The molecular formula is C28H38N2O6S. The lowest BCUT2D eigenvalue weighted by molar-refractivity contribution is -0.245. The van der Waals surface area contributed by atoms with Crippen LogP contribution in [0.15, 0.2) is 48.5 Å². The number of amides is 2. The fourth-order valence-electron chi connectivity index (χ4n) is 4.14. The Balaban J connectivity index is 1.61. The Morgan fingerprint density at radius 1 is 1.03 bits per heavy atom. The molecule has 37 heavy (non-hydrogen) atoms. The van der Waals surface area contributed by atoms with Gasteiger partial charge in [-0.2, -0.15) is 11.8 Å². The zero-order chi connectivity index (χ0) is 26.5. The van der Waals surface area contributed by atoms with Gasteiger partial charge in [-0.3, -0.25) is 9.59 Å². The zero-order valence-corrected chi connectivity index (χ0v) is 22.2. The molecule has 0 bridgehead atoms. The van der Waals surface area contributed by atoms with Crippen molar-refractivity contribution in [2.45, 2.75) is 64.1 Å². The van der Waals surface area contributed by atoms with Crippen molar-refractivity contribution in [3.8, 4) is 0 Å². The Kier molecular flexibility index (Phi) is 12.4. The van der Waals surface area contributed by atoms with Crippen LogP contribution in [-0.4, -0.2) is 52.8 Å². The molecule has 4 N–H and O–H groups in total. The summed E-state index contributed by atoms with van der Waals surface area (Å²) < 4.78 is 12.6. The first-order chi connectivity index (χ1) is 18.0. The summed E-state index contributed by atoms with van der Waals surface area (Å²) in [5, 5.41) is 24.3. The number of aliphatic hydroxyl groups is 2. The third-order valence-corrected chi connectivity index (χ3v) is 7.13. The minimum absolute atomic E-state index is 0.00640. The van der Waals surface area contributed by atoms with E-state index in [1.807, 2.05) is 48.5 Å². The molecule has 1 aliphatic heterocycles. The smallest absolute Gasteiger partial charge is 0.224 e. The molecule has 8 nitrogen and oxygen atoms in total. The summed E-state index contributed by atoms with van der Waals surface area (Å²) in [7, 11) is 0. The van der Waals surface area contributed by atoms with Crippen LogP contribution in [-0.2, 0) is 25.7 Å².